The van der Waals surface area contributed by atoms with Gasteiger partial charge in [0.15, 0.2) is 5.82 Å². The van der Waals surface area contributed by atoms with Gasteiger partial charge in [-0.25, -0.2) is 0 Å². The molecule has 1 aromatic carbocycles. The van der Waals surface area contributed by atoms with Crippen LogP contribution in [-0.2, 0) is 10.2 Å². The maximum atomic E-state index is 11.9. The van der Waals surface area contributed by atoms with Crippen LogP contribution >= 0.6 is 11.8 Å². The Bertz CT molecular complexity index is 572. The van der Waals surface area contributed by atoms with Crippen LogP contribution < -0.4 is 5.32 Å². The van der Waals surface area contributed by atoms with Crippen LogP contribution in [0.15, 0.2) is 41.3 Å². The fourth-order valence-corrected chi connectivity index (χ4v) is 2.33. The van der Waals surface area contributed by atoms with E-state index in [4.69, 9.17) is 0 Å². The van der Waals surface area contributed by atoms with Gasteiger partial charge >= 0.3 is 0 Å². The molecule has 0 aliphatic rings. The third kappa shape index (κ3) is 4.13. The Kier molecular flexibility index (Phi) is 4.49. The van der Waals surface area contributed by atoms with Gasteiger partial charge < -0.3 is 5.32 Å². The minimum absolute atomic E-state index is 0.00519. The van der Waals surface area contributed by atoms with Crippen molar-refractivity contribution in [3.63, 3.8) is 0 Å². The van der Waals surface area contributed by atoms with Crippen LogP contribution in [0.3, 0.4) is 0 Å². The average Bonchev–Trinajstić information content (AvgIpc) is 2.86. The van der Waals surface area contributed by atoms with Gasteiger partial charge in [-0.3, -0.25) is 9.89 Å². The molecule has 0 aliphatic carbocycles. The Morgan fingerprint density at radius 3 is 2.60 bits per heavy atom. The van der Waals surface area contributed by atoms with Gasteiger partial charge in [0.05, 0.1) is 5.75 Å². The molecule has 0 aliphatic heterocycles. The average molecular weight is 289 g/mol. The number of aromatic nitrogens is 2. The summed E-state index contributed by atoms with van der Waals surface area (Å²) in [5.74, 6) is 0.904. The fourth-order valence-electron chi connectivity index (χ4n) is 1.61. The third-order valence-electron chi connectivity index (χ3n) is 2.77. The van der Waals surface area contributed by atoms with E-state index in [2.05, 4.69) is 36.3 Å². The third-order valence-corrected chi connectivity index (χ3v) is 3.78. The van der Waals surface area contributed by atoms with E-state index in [1.807, 2.05) is 36.4 Å². The minimum Gasteiger partial charge on any atom is -0.308 e. The molecule has 2 N–H and O–H groups in total. The lowest BCUT2D eigenvalue weighted by Gasteiger charge is -2.14. The second-order valence-corrected chi connectivity index (χ2v) is 6.62. The van der Waals surface area contributed by atoms with E-state index >= 15 is 0 Å². The van der Waals surface area contributed by atoms with Gasteiger partial charge in [0, 0.05) is 22.1 Å². The summed E-state index contributed by atoms with van der Waals surface area (Å²) in [5, 5.41) is 9.87. The summed E-state index contributed by atoms with van der Waals surface area (Å²) in [6, 6.07) is 11.7. The molecule has 2 aromatic rings. The first kappa shape index (κ1) is 14.7. The number of benzene rings is 1. The summed E-state index contributed by atoms with van der Waals surface area (Å²) in [5.41, 5.74) is 0.998. The molecule has 0 spiro atoms. The second kappa shape index (κ2) is 6.13. The summed E-state index contributed by atoms with van der Waals surface area (Å²) in [6.45, 7) is 6.28. The molecule has 106 valence electrons. The van der Waals surface area contributed by atoms with Gasteiger partial charge in [0.1, 0.15) is 0 Å². The molecule has 0 saturated carbocycles. The first-order chi connectivity index (χ1) is 9.45. The Balaban J connectivity index is 1.87. The SMILES string of the molecule is CC(C)(C)c1cc(NC(=O)CSc2ccccc2)n[nH]1. The van der Waals surface area contributed by atoms with Crippen molar-refractivity contribution in [3.05, 3.63) is 42.1 Å². The van der Waals surface area contributed by atoms with Crippen molar-refractivity contribution >= 4 is 23.5 Å². The first-order valence-corrected chi connectivity index (χ1v) is 7.47. The highest BCUT2D eigenvalue weighted by Crippen LogP contribution is 2.22. The van der Waals surface area contributed by atoms with Crippen molar-refractivity contribution in [2.75, 3.05) is 11.1 Å². The number of H-pyrrole nitrogens is 1. The Hall–Kier alpha value is -1.75. The highest BCUT2D eigenvalue weighted by atomic mass is 32.2. The number of hydrogen-bond acceptors (Lipinski definition) is 3. The van der Waals surface area contributed by atoms with Crippen molar-refractivity contribution in [2.24, 2.45) is 0 Å². The fraction of sp³-hybridized carbons (Fsp3) is 0.333. The minimum atomic E-state index is -0.0502. The number of carbonyl (C=O) groups excluding carboxylic acids is 1. The number of hydrogen-bond donors (Lipinski definition) is 2. The van der Waals surface area contributed by atoms with Gasteiger partial charge in [0.25, 0.3) is 0 Å². The molecule has 0 fully saturated rings. The molecule has 0 bridgehead atoms. The molecule has 0 saturated heterocycles. The van der Waals surface area contributed by atoms with E-state index in [1.165, 1.54) is 11.8 Å². The molecule has 1 amide bonds. The number of carbonyl (C=O) groups is 1. The van der Waals surface area contributed by atoms with Crippen molar-refractivity contribution in [2.45, 2.75) is 31.1 Å². The maximum Gasteiger partial charge on any atom is 0.235 e. The van der Waals surface area contributed by atoms with E-state index in [-0.39, 0.29) is 11.3 Å². The lowest BCUT2D eigenvalue weighted by molar-refractivity contribution is -0.113. The maximum absolute atomic E-state index is 11.9. The molecule has 0 atom stereocenters. The standard InChI is InChI=1S/C15H19N3OS/c1-15(2,3)12-9-13(18-17-12)16-14(19)10-20-11-7-5-4-6-8-11/h4-9H,10H2,1-3H3,(H2,16,17,18,19). The summed E-state index contributed by atoms with van der Waals surface area (Å²) in [4.78, 5) is 12.9. The highest BCUT2D eigenvalue weighted by Gasteiger charge is 2.17. The predicted molar refractivity (Wildman–Crippen MR) is 83.1 cm³/mol. The zero-order valence-corrected chi connectivity index (χ0v) is 12.8. The van der Waals surface area contributed by atoms with E-state index in [9.17, 15) is 4.79 Å². The molecular weight excluding hydrogens is 270 g/mol. The van der Waals surface area contributed by atoms with Crippen molar-refractivity contribution in [1.29, 1.82) is 0 Å². The number of rotatable bonds is 4. The molecule has 1 aromatic heterocycles. The quantitative estimate of drug-likeness (QED) is 0.848. The monoisotopic (exact) mass is 289 g/mol. The number of nitrogens with zero attached hydrogens (tertiary/aromatic N) is 1. The van der Waals surface area contributed by atoms with Crippen LogP contribution in [0.2, 0.25) is 0 Å². The number of nitrogens with one attached hydrogen (secondary N) is 2. The number of anilines is 1. The summed E-state index contributed by atoms with van der Waals surface area (Å²) >= 11 is 1.51. The molecule has 5 heteroatoms. The van der Waals surface area contributed by atoms with Crippen molar-refractivity contribution in [1.82, 2.24) is 10.2 Å². The summed E-state index contributed by atoms with van der Waals surface area (Å²) in [6.07, 6.45) is 0. The lowest BCUT2D eigenvalue weighted by Crippen LogP contribution is -2.14. The summed E-state index contributed by atoms with van der Waals surface area (Å²) < 4.78 is 0. The predicted octanol–water partition coefficient (Wildman–Crippen LogP) is 3.44. The number of thioether (sulfide) groups is 1. The normalized spacial score (nSPS) is 11.3. The van der Waals surface area contributed by atoms with Gasteiger partial charge in [-0.15, -0.1) is 11.8 Å². The van der Waals surface area contributed by atoms with E-state index in [1.54, 1.807) is 0 Å². The molecule has 0 unspecified atom stereocenters. The van der Waals surface area contributed by atoms with Crippen LogP contribution in [0.25, 0.3) is 0 Å². The number of amides is 1. The van der Waals surface area contributed by atoms with E-state index < -0.39 is 0 Å². The van der Waals surface area contributed by atoms with E-state index in [0.717, 1.165) is 10.6 Å². The van der Waals surface area contributed by atoms with E-state index in [0.29, 0.717) is 11.6 Å². The van der Waals surface area contributed by atoms with Crippen LogP contribution in [0.5, 0.6) is 0 Å². The first-order valence-electron chi connectivity index (χ1n) is 6.49. The zero-order valence-electron chi connectivity index (χ0n) is 11.9. The van der Waals surface area contributed by atoms with Crippen molar-refractivity contribution in [3.8, 4) is 0 Å². The van der Waals surface area contributed by atoms with Gasteiger partial charge in [-0.05, 0) is 12.1 Å². The zero-order chi connectivity index (χ0) is 14.6. The van der Waals surface area contributed by atoms with Crippen molar-refractivity contribution < 1.29 is 4.79 Å². The van der Waals surface area contributed by atoms with Gasteiger partial charge in [-0.2, -0.15) is 5.10 Å². The molecule has 2 rings (SSSR count). The van der Waals surface area contributed by atoms with Crippen LogP contribution in [0.4, 0.5) is 5.82 Å². The molecular formula is C15H19N3OS. The van der Waals surface area contributed by atoms with Crippen LogP contribution in [0.1, 0.15) is 26.5 Å². The Labute approximate surface area is 123 Å². The molecule has 4 nitrogen and oxygen atoms in total. The van der Waals surface area contributed by atoms with Crippen LogP contribution in [-0.4, -0.2) is 21.9 Å². The van der Waals surface area contributed by atoms with Crippen LogP contribution in [0, 0.1) is 0 Å². The smallest absolute Gasteiger partial charge is 0.235 e. The lowest BCUT2D eigenvalue weighted by atomic mass is 9.92. The van der Waals surface area contributed by atoms with Gasteiger partial charge in [-0.1, -0.05) is 39.0 Å². The highest BCUT2D eigenvalue weighted by molar-refractivity contribution is 8.00. The number of aromatic amines is 1. The Morgan fingerprint density at radius 1 is 1.30 bits per heavy atom. The molecule has 1 heterocycles. The molecule has 20 heavy (non-hydrogen) atoms. The topological polar surface area (TPSA) is 57.8 Å². The van der Waals surface area contributed by atoms with Gasteiger partial charge in [0.2, 0.25) is 5.91 Å². The summed E-state index contributed by atoms with van der Waals surface area (Å²) in [7, 11) is 0. The Morgan fingerprint density at radius 2 is 2.00 bits per heavy atom. The molecule has 0 radical (unpaired) electrons. The second-order valence-electron chi connectivity index (χ2n) is 5.57. The largest absolute Gasteiger partial charge is 0.308 e.